The average Bonchev–Trinajstić information content (AvgIpc) is 3.05. The number of para-hydroxylation sites is 1. The Kier molecular flexibility index (Phi) is 6.32. The van der Waals surface area contributed by atoms with Crippen molar-refractivity contribution in [2.75, 3.05) is 11.5 Å². The molecule has 0 spiro atoms. The second-order valence-electron chi connectivity index (χ2n) is 8.91. The van der Waals surface area contributed by atoms with Crippen LogP contribution in [0.5, 0.6) is 11.5 Å². The topological polar surface area (TPSA) is 35.5 Å². The quantitative estimate of drug-likeness (QED) is 0.351. The van der Waals surface area contributed by atoms with Gasteiger partial charge in [0.05, 0.1) is 10.00 Å². The molecule has 2 aliphatic rings. The van der Waals surface area contributed by atoms with Crippen LogP contribution >= 0.6 is 23.5 Å². The summed E-state index contributed by atoms with van der Waals surface area (Å²) in [6.07, 6.45) is 6.05. The molecule has 4 rings (SSSR count). The lowest BCUT2D eigenvalue weighted by Crippen LogP contribution is -2.16. The first-order chi connectivity index (χ1) is 14.8. The van der Waals surface area contributed by atoms with Crippen LogP contribution in [0.25, 0.3) is 0 Å². The monoisotopic (exact) mass is 452 g/mol. The molecule has 3 nitrogen and oxygen atoms in total. The first-order valence-corrected chi connectivity index (χ1v) is 12.6. The van der Waals surface area contributed by atoms with E-state index in [4.69, 9.17) is 15.9 Å². The fourth-order valence-electron chi connectivity index (χ4n) is 4.42. The molecule has 1 aliphatic heterocycles. The summed E-state index contributed by atoms with van der Waals surface area (Å²) in [5, 5.41) is 0. The Bertz CT molecular complexity index is 974. The highest BCUT2D eigenvalue weighted by Crippen LogP contribution is 2.65. The molecule has 5 heteroatoms. The summed E-state index contributed by atoms with van der Waals surface area (Å²) >= 11 is 4.02. The van der Waals surface area contributed by atoms with Crippen LogP contribution in [0.2, 0.25) is 0 Å². The van der Waals surface area contributed by atoms with E-state index in [-0.39, 0.29) is 21.4 Å². The summed E-state index contributed by atoms with van der Waals surface area (Å²) in [7, 11) is 0. The van der Waals surface area contributed by atoms with Crippen LogP contribution in [-0.4, -0.2) is 21.6 Å². The lowest BCUT2D eigenvalue weighted by atomic mass is 10.1. The van der Waals surface area contributed by atoms with Crippen LogP contribution < -0.4 is 4.74 Å². The largest absolute Gasteiger partial charge is 0.457 e. The van der Waals surface area contributed by atoms with Gasteiger partial charge in [0, 0.05) is 17.1 Å². The van der Waals surface area contributed by atoms with E-state index in [2.05, 4.69) is 26.7 Å². The van der Waals surface area contributed by atoms with Gasteiger partial charge >= 0.3 is 5.97 Å². The van der Waals surface area contributed by atoms with Gasteiger partial charge in [-0.05, 0) is 48.9 Å². The third-order valence-corrected chi connectivity index (χ3v) is 9.66. The maximum absolute atomic E-state index is 13.1. The van der Waals surface area contributed by atoms with E-state index >= 15 is 0 Å². The lowest BCUT2D eigenvalue weighted by Gasteiger charge is -2.22. The molecule has 1 saturated heterocycles. The van der Waals surface area contributed by atoms with Crippen LogP contribution in [-0.2, 0) is 9.53 Å². The number of terminal acetylenes is 1. The molecule has 0 N–H and O–H groups in total. The minimum absolute atomic E-state index is 0.0543. The number of hydrogen-bond donors (Lipinski definition) is 0. The summed E-state index contributed by atoms with van der Waals surface area (Å²) in [5.41, 5.74) is 0.689. The van der Waals surface area contributed by atoms with Gasteiger partial charge in [0.2, 0.25) is 0 Å². The smallest absolute Gasteiger partial charge is 0.311 e. The van der Waals surface area contributed by atoms with E-state index in [0.29, 0.717) is 11.7 Å². The van der Waals surface area contributed by atoms with Crippen molar-refractivity contribution in [3.05, 3.63) is 60.2 Å². The van der Waals surface area contributed by atoms with Crippen molar-refractivity contribution in [3.8, 4) is 23.8 Å². The fraction of sp³-hybridized carbons (Fsp3) is 0.423. The van der Waals surface area contributed by atoms with E-state index in [9.17, 15) is 4.79 Å². The standard InChI is InChI=1S/C26H28O3S2/c1-5-22(18-10-9-13-20(16-18)28-19-11-7-6-8-12-19)29-24(27)23-21(25(23,2)3)17-26(4)30-14-15-31-26/h1,6-13,16,21-23H,14-15,17H2,2-4H3. The van der Waals surface area contributed by atoms with Gasteiger partial charge < -0.3 is 9.47 Å². The zero-order valence-corrected chi connectivity index (χ0v) is 19.8. The molecular weight excluding hydrogens is 424 g/mol. The number of thioether (sulfide) groups is 2. The van der Waals surface area contributed by atoms with Gasteiger partial charge in [0.25, 0.3) is 0 Å². The van der Waals surface area contributed by atoms with Crippen LogP contribution in [0.4, 0.5) is 0 Å². The lowest BCUT2D eigenvalue weighted by molar-refractivity contribution is -0.149. The molecular formula is C26H28O3S2. The second kappa shape index (κ2) is 8.84. The number of carbonyl (C=O) groups excluding carboxylic acids is 1. The molecule has 0 aromatic heterocycles. The zero-order chi connectivity index (χ0) is 22.1. The molecule has 31 heavy (non-hydrogen) atoms. The van der Waals surface area contributed by atoms with Crippen molar-refractivity contribution in [3.63, 3.8) is 0 Å². The second-order valence-corrected chi connectivity index (χ2v) is 12.4. The van der Waals surface area contributed by atoms with Crippen LogP contribution in [0.1, 0.15) is 38.9 Å². The Hall–Kier alpha value is -2.03. The van der Waals surface area contributed by atoms with Gasteiger partial charge in [-0.15, -0.1) is 29.9 Å². The first kappa shape index (κ1) is 22.2. The predicted molar refractivity (Wildman–Crippen MR) is 129 cm³/mol. The van der Waals surface area contributed by atoms with Crippen molar-refractivity contribution < 1.29 is 14.3 Å². The van der Waals surface area contributed by atoms with Crippen molar-refractivity contribution in [2.45, 2.75) is 37.4 Å². The Morgan fingerprint density at radius 2 is 1.77 bits per heavy atom. The highest BCUT2D eigenvalue weighted by atomic mass is 32.2. The number of esters is 1. The molecule has 3 unspecified atom stereocenters. The molecule has 0 amide bonds. The van der Waals surface area contributed by atoms with E-state index in [1.807, 2.05) is 78.1 Å². The minimum Gasteiger partial charge on any atom is -0.457 e. The van der Waals surface area contributed by atoms with Gasteiger partial charge in [-0.1, -0.05) is 50.1 Å². The summed E-state index contributed by atoms with van der Waals surface area (Å²) in [6, 6.07) is 17.0. The highest BCUT2D eigenvalue weighted by Gasteiger charge is 2.64. The Morgan fingerprint density at radius 1 is 1.10 bits per heavy atom. The molecule has 162 valence electrons. The van der Waals surface area contributed by atoms with Crippen molar-refractivity contribution >= 4 is 29.5 Å². The summed E-state index contributed by atoms with van der Waals surface area (Å²) < 4.78 is 11.9. The third-order valence-electron chi connectivity index (χ3n) is 6.32. The predicted octanol–water partition coefficient (Wildman–Crippen LogP) is 6.55. The van der Waals surface area contributed by atoms with Crippen molar-refractivity contribution in [2.24, 2.45) is 17.3 Å². The average molecular weight is 453 g/mol. The van der Waals surface area contributed by atoms with E-state index in [1.54, 1.807) is 0 Å². The van der Waals surface area contributed by atoms with Crippen LogP contribution in [0.3, 0.4) is 0 Å². The SMILES string of the molecule is C#CC(OC(=O)C1C(CC2(C)SCCS2)C1(C)C)c1cccc(Oc2ccccc2)c1. The molecule has 0 radical (unpaired) electrons. The van der Waals surface area contributed by atoms with Crippen LogP contribution in [0.15, 0.2) is 54.6 Å². The third kappa shape index (κ3) is 4.91. The molecule has 0 bridgehead atoms. The van der Waals surface area contributed by atoms with Gasteiger partial charge in [0.1, 0.15) is 11.5 Å². The van der Waals surface area contributed by atoms with E-state index in [0.717, 1.165) is 17.7 Å². The fourth-order valence-corrected chi connectivity index (χ4v) is 7.38. The summed E-state index contributed by atoms with van der Waals surface area (Å²) in [5.74, 6) is 6.44. The number of hydrogen-bond acceptors (Lipinski definition) is 5. The van der Waals surface area contributed by atoms with E-state index < -0.39 is 6.10 Å². The maximum atomic E-state index is 13.1. The van der Waals surface area contributed by atoms with E-state index in [1.165, 1.54) is 11.5 Å². The van der Waals surface area contributed by atoms with Crippen molar-refractivity contribution in [1.82, 2.24) is 0 Å². The number of rotatable bonds is 7. The molecule has 2 aromatic carbocycles. The number of ether oxygens (including phenoxy) is 2. The van der Waals surface area contributed by atoms with Gasteiger partial charge in [-0.2, -0.15) is 0 Å². The summed E-state index contributed by atoms with van der Waals surface area (Å²) in [4.78, 5) is 13.1. The minimum atomic E-state index is -0.727. The van der Waals surface area contributed by atoms with Crippen LogP contribution in [0, 0.1) is 29.6 Å². The molecule has 1 saturated carbocycles. The number of benzene rings is 2. The Labute approximate surface area is 193 Å². The maximum Gasteiger partial charge on any atom is 0.311 e. The number of carbonyl (C=O) groups is 1. The Balaban J connectivity index is 1.43. The first-order valence-electron chi connectivity index (χ1n) is 10.6. The summed E-state index contributed by atoms with van der Waals surface area (Å²) in [6.45, 7) is 6.63. The molecule has 2 fully saturated rings. The Morgan fingerprint density at radius 3 is 2.45 bits per heavy atom. The molecule has 3 atom stereocenters. The molecule has 2 aromatic rings. The molecule has 1 aliphatic carbocycles. The zero-order valence-electron chi connectivity index (χ0n) is 18.2. The van der Waals surface area contributed by atoms with Gasteiger partial charge in [0.15, 0.2) is 6.10 Å². The normalized spacial score (nSPS) is 24.1. The highest BCUT2D eigenvalue weighted by molar-refractivity contribution is 8.21. The van der Waals surface area contributed by atoms with Crippen molar-refractivity contribution in [1.29, 1.82) is 0 Å². The van der Waals surface area contributed by atoms with Gasteiger partial charge in [-0.25, -0.2) is 0 Å². The van der Waals surface area contributed by atoms with Gasteiger partial charge in [-0.3, -0.25) is 4.79 Å². The molecule has 1 heterocycles.